The van der Waals surface area contributed by atoms with Gasteiger partial charge in [0, 0.05) is 16.8 Å². The molecule has 0 fully saturated rings. The average Bonchev–Trinajstić information content (AvgIpc) is 2.04. The smallest absolute Gasteiger partial charge is 0.0414 e. The average molecular weight is 178 g/mol. The zero-order valence-electron chi connectivity index (χ0n) is 7.03. The Morgan fingerprint density at radius 1 is 0.769 bits per heavy atom. The second kappa shape index (κ2) is 3.31. The molecule has 13 heavy (non-hydrogen) atoms. The van der Waals surface area contributed by atoms with E-state index >= 15 is 0 Å². The molecule has 0 aliphatic rings. The molecule has 2 nitrogen and oxygen atoms in total. The Kier molecular flexibility index (Phi) is 2.37. The largest absolute Gasteiger partial charge is 0.398 e. The number of benzene rings is 2. The first-order valence-corrected chi connectivity index (χ1v) is 3.82. The fourth-order valence-electron chi connectivity index (χ4n) is 1.40. The quantitative estimate of drug-likeness (QED) is 0.607. The van der Waals surface area contributed by atoms with Crippen LogP contribution in [0, 0.1) is 0 Å². The Morgan fingerprint density at radius 3 is 1.62 bits per heavy atom. The topological polar surface area (TPSA) is 52.0 Å². The normalized spacial score (nSPS) is 9.54. The lowest BCUT2D eigenvalue weighted by Gasteiger charge is -2.03. The fraction of sp³-hybridized carbons (Fsp3) is 0. The van der Waals surface area contributed by atoms with Crippen molar-refractivity contribution >= 4 is 22.1 Å². The van der Waals surface area contributed by atoms with Crippen LogP contribution in [0.1, 0.15) is 0 Å². The molecule has 0 unspecified atom stereocenters. The van der Waals surface area contributed by atoms with E-state index in [9.17, 15) is 0 Å². The van der Waals surface area contributed by atoms with Crippen molar-refractivity contribution in [1.82, 2.24) is 0 Å². The minimum Gasteiger partial charge on any atom is -0.398 e. The van der Waals surface area contributed by atoms with E-state index in [2.05, 4.69) is 0 Å². The first kappa shape index (κ1) is 9.32. The molecule has 0 amide bonds. The molecule has 2 aromatic rings. The third-order valence-corrected chi connectivity index (χ3v) is 1.97. The maximum atomic E-state index is 5.78. The van der Waals surface area contributed by atoms with Crippen LogP contribution in [0.25, 0.3) is 10.8 Å². The van der Waals surface area contributed by atoms with E-state index in [0.717, 1.165) is 22.1 Å². The number of hydrogen-bond donors (Lipinski definition) is 2. The van der Waals surface area contributed by atoms with Crippen LogP contribution in [0.15, 0.2) is 36.4 Å². The van der Waals surface area contributed by atoms with Crippen molar-refractivity contribution in [3.05, 3.63) is 36.4 Å². The summed E-state index contributed by atoms with van der Waals surface area (Å²) in [5, 5.41) is 2.05. The summed E-state index contributed by atoms with van der Waals surface area (Å²) in [5.74, 6) is 0. The molecule has 2 rings (SSSR count). The maximum Gasteiger partial charge on any atom is 0.0414 e. The summed E-state index contributed by atoms with van der Waals surface area (Å²) in [6.45, 7) is 0. The Labute approximate surface area is 75.5 Å². The van der Waals surface area contributed by atoms with Gasteiger partial charge in [-0.05, 0) is 17.5 Å². The molecule has 0 saturated carbocycles. The molecule has 2 aromatic carbocycles. The van der Waals surface area contributed by atoms with Crippen molar-refractivity contribution in [2.24, 2.45) is 0 Å². The van der Waals surface area contributed by atoms with Gasteiger partial charge in [-0.15, -0.1) is 0 Å². The summed E-state index contributed by atoms with van der Waals surface area (Å²) in [5.41, 5.74) is 13.0. The van der Waals surface area contributed by atoms with Crippen LogP contribution < -0.4 is 11.5 Å². The summed E-state index contributed by atoms with van der Waals surface area (Å²) in [4.78, 5) is 0. The first-order chi connectivity index (χ1) is 5.79. The van der Waals surface area contributed by atoms with Crippen LogP contribution in [0.4, 0.5) is 16.1 Å². The van der Waals surface area contributed by atoms with Gasteiger partial charge in [0.1, 0.15) is 0 Å². The van der Waals surface area contributed by atoms with E-state index in [1.807, 2.05) is 36.4 Å². The molecule has 3 heteroatoms. The lowest BCUT2D eigenvalue weighted by atomic mass is 10.1. The van der Waals surface area contributed by atoms with Crippen molar-refractivity contribution in [2.45, 2.75) is 0 Å². The predicted molar refractivity (Wildman–Crippen MR) is 55.3 cm³/mol. The minimum absolute atomic E-state index is 0. The van der Waals surface area contributed by atoms with Gasteiger partial charge >= 0.3 is 0 Å². The van der Waals surface area contributed by atoms with Crippen molar-refractivity contribution in [2.75, 3.05) is 11.5 Å². The number of halogens is 1. The lowest BCUT2D eigenvalue weighted by Crippen LogP contribution is -1.91. The van der Waals surface area contributed by atoms with Gasteiger partial charge in [-0.3, -0.25) is 4.70 Å². The molecule has 0 atom stereocenters. The predicted octanol–water partition coefficient (Wildman–Crippen LogP) is 2.16. The van der Waals surface area contributed by atoms with Gasteiger partial charge in [0.2, 0.25) is 0 Å². The Morgan fingerprint density at radius 2 is 1.23 bits per heavy atom. The highest BCUT2D eigenvalue weighted by Crippen LogP contribution is 2.25. The van der Waals surface area contributed by atoms with Crippen LogP contribution in [0.5, 0.6) is 0 Å². The zero-order valence-corrected chi connectivity index (χ0v) is 7.03. The summed E-state index contributed by atoms with van der Waals surface area (Å²) < 4.78 is 0. The Hall–Kier alpha value is -1.77. The molecule has 0 spiro atoms. The second-order valence-electron chi connectivity index (χ2n) is 2.79. The molecule has 0 aliphatic heterocycles. The highest BCUT2D eigenvalue weighted by molar-refractivity contribution is 6.01. The van der Waals surface area contributed by atoms with E-state index in [0.29, 0.717) is 0 Å². The van der Waals surface area contributed by atoms with E-state index < -0.39 is 0 Å². The van der Waals surface area contributed by atoms with Crippen LogP contribution in [0.3, 0.4) is 0 Å². The van der Waals surface area contributed by atoms with Crippen molar-refractivity contribution in [3.8, 4) is 0 Å². The Balaban J connectivity index is 0.000000845. The number of nitrogen functional groups attached to an aromatic ring is 2. The van der Waals surface area contributed by atoms with E-state index in [1.165, 1.54) is 0 Å². The maximum absolute atomic E-state index is 5.78. The van der Waals surface area contributed by atoms with Crippen molar-refractivity contribution < 1.29 is 4.70 Å². The molecule has 0 heterocycles. The standard InChI is InChI=1S/C10H10N2.FH/c11-8-5-1-3-7-4-2-6-9(12)10(7)8;/h1-6H,11-12H2;1H. The van der Waals surface area contributed by atoms with Gasteiger partial charge in [0.15, 0.2) is 0 Å². The summed E-state index contributed by atoms with van der Waals surface area (Å²) in [6.07, 6.45) is 0. The molecule has 0 bridgehead atoms. The van der Waals surface area contributed by atoms with Gasteiger partial charge in [-0.2, -0.15) is 0 Å². The zero-order chi connectivity index (χ0) is 8.55. The monoisotopic (exact) mass is 178 g/mol. The molecule has 0 saturated heterocycles. The van der Waals surface area contributed by atoms with Gasteiger partial charge in [0.05, 0.1) is 0 Å². The van der Waals surface area contributed by atoms with Gasteiger partial charge in [0.25, 0.3) is 0 Å². The molecular weight excluding hydrogens is 167 g/mol. The van der Waals surface area contributed by atoms with E-state index in [-0.39, 0.29) is 4.70 Å². The molecule has 4 N–H and O–H groups in total. The molecule has 0 aliphatic carbocycles. The number of nitrogens with two attached hydrogens (primary N) is 2. The Bertz CT molecular complexity index is 389. The third-order valence-electron chi connectivity index (χ3n) is 1.97. The number of fused-ring (bicyclic) bond motifs is 1. The number of hydrogen-bond acceptors (Lipinski definition) is 2. The van der Waals surface area contributed by atoms with E-state index in [1.54, 1.807) is 0 Å². The van der Waals surface area contributed by atoms with Gasteiger partial charge < -0.3 is 11.5 Å². The highest BCUT2D eigenvalue weighted by Gasteiger charge is 1.98. The lowest BCUT2D eigenvalue weighted by molar-refractivity contribution is 1.11. The first-order valence-electron chi connectivity index (χ1n) is 3.82. The SMILES string of the molecule is F.Nc1cccc2cccc(N)c12. The molecule has 0 aromatic heterocycles. The molecular formula is C10H11FN2. The van der Waals surface area contributed by atoms with Crippen LogP contribution in [-0.4, -0.2) is 0 Å². The summed E-state index contributed by atoms with van der Waals surface area (Å²) >= 11 is 0. The fourth-order valence-corrected chi connectivity index (χ4v) is 1.40. The van der Waals surface area contributed by atoms with Crippen LogP contribution in [-0.2, 0) is 0 Å². The van der Waals surface area contributed by atoms with Gasteiger partial charge in [-0.1, -0.05) is 24.3 Å². The number of anilines is 2. The molecule has 68 valence electrons. The number of rotatable bonds is 0. The van der Waals surface area contributed by atoms with Gasteiger partial charge in [-0.25, -0.2) is 0 Å². The second-order valence-corrected chi connectivity index (χ2v) is 2.79. The van der Waals surface area contributed by atoms with Crippen LogP contribution >= 0.6 is 0 Å². The van der Waals surface area contributed by atoms with Crippen molar-refractivity contribution in [1.29, 1.82) is 0 Å². The molecule has 0 radical (unpaired) electrons. The van der Waals surface area contributed by atoms with E-state index in [4.69, 9.17) is 11.5 Å². The summed E-state index contributed by atoms with van der Waals surface area (Å²) in [6, 6.07) is 11.6. The third kappa shape index (κ3) is 1.40. The summed E-state index contributed by atoms with van der Waals surface area (Å²) in [7, 11) is 0. The van der Waals surface area contributed by atoms with Crippen LogP contribution in [0.2, 0.25) is 0 Å². The highest BCUT2D eigenvalue weighted by atomic mass is 19.0. The van der Waals surface area contributed by atoms with Crippen molar-refractivity contribution in [3.63, 3.8) is 0 Å². The minimum atomic E-state index is 0.